The molecule has 3 nitrogen and oxygen atoms in total. The summed E-state index contributed by atoms with van der Waals surface area (Å²) in [6.07, 6.45) is 12.5. The van der Waals surface area contributed by atoms with Crippen LogP contribution < -0.4 is 0 Å². The molecular formula is C18H25N3. The topological polar surface area (TPSA) is 21.1 Å². The minimum atomic E-state index is 1.11. The molecule has 1 aromatic carbocycles. The van der Waals surface area contributed by atoms with Gasteiger partial charge in [0, 0.05) is 32.0 Å². The van der Waals surface area contributed by atoms with E-state index in [0.29, 0.717) is 0 Å². The SMILES string of the molecule is c1ccc2c(c1)CN(CCCCCCCn1ccnc1)C2. The fourth-order valence-corrected chi connectivity index (χ4v) is 3.14. The second-order valence-electron chi connectivity index (χ2n) is 6.05. The first-order chi connectivity index (χ1) is 10.4. The molecule has 1 aliphatic heterocycles. The summed E-state index contributed by atoms with van der Waals surface area (Å²) in [6, 6.07) is 8.85. The average Bonchev–Trinajstić information content (AvgIpc) is 3.15. The maximum atomic E-state index is 4.07. The molecule has 0 amide bonds. The van der Waals surface area contributed by atoms with Gasteiger partial charge in [-0.2, -0.15) is 0 Å². The second-order valence-corrected chi connectivity index (χ2v) is 6.05. The van der Waals surface area contributed by atoms with Gasteiger partial charge in [-0.05, 0) is 30.5 Å². The molecule has 0 spiro atoms. The Morgan fingerprint density at radius 3 is 2.19 bits per heavy atom. The Kier molecular flexibility index (Phi) is 5.06. The number of benzene rings is 1. The molecule has 0 atom stereocenters. The Balaban J connectivity index is 1.23. The van der Waals surface area contributed by atoms with Gasteiger partial charge in [-0.25, -0.2) is 4.98 Å². The zero-order chi connectivity index (χ0) is 14.3. The van der Waals surface area contributed by atoms with Crippen LogP contribution in [0, 0.1) is 0 Å². The predicted octanol–water partition coefficient (Wildman–Crippen LogP) is 3.85. The molecule has 0 radical (unpaired) electrons. The molecule has 0 saturated carbocycles. The number of fused-ring (bicyclic) bond motifs is 1. The van der Waals surface area contributed by atoms with E-state index in [0.717, 1.165) is 19.6 Å². The van der Waals surface area contributed by atoms with Crippen LogP contribution in [-0.4, -0.2) is 21.0 Å². The Morgan fingerprint density at radius 2 is 1.52 bits per heavy atom. The van der Waals surface area contributed by atoms with Crippen molar-refractivity contribution >= 4 is 0 Å². The highest BCUT2D eigenvalue weighted by atomic mass is 15.1. The van der Waals surface area contributed by atoms with Crippen LogP contribution in [0.4, 0.5) is 0 Å². The van der Waals surface area contributed by atoms with Crippen LogP contribution in [0.2, 0.25) is 0 Å². The summed E-state index contributed by atoms with van der Waals surface area (Å²) in [5, 5.41) is 0. The predicted molar refractivity (Wildman–Crippen MR) is 85.9 cm³/mol. The number of hydrogen-bond acceptors (Lipinski definition) is 2. The standard InChI is InChI=1S/C18H25N3/c1(2-6-11-20-13-10-19-16-20)3-7-12-21-14-17-8-4-5-9-18(17)15-21/h4-5,8-10,13,16H,1-3,6-7,11-12,14-15H2. The average molecular weight is 283 g/mol. The van der Waals surface area contributed by atoms with E-state index in [-0.39, 0.29) is 0 Å². The van der Waals surface area contributed by atoms with E-state index in [2.05, 4.69) is 38.7 Å². The van der Waals surface area contributed by atoms with Crippen molar-refractivity contribution in [3.63, 3.8) is 0 Å². The monoisotopic (exact) mass is 283 g/mol. The number of aromatic nitrogens is 2. The number of aryl methyl sites for hydroxylation is 1. The molecule has 0 aliphatic carbocycles. The summed E-state index contributed by atoms with van der Waals surface area (Å²) < 4.78 is 2.17. The third-order valence-corrected chi connectivity index (χ3v) is 4.36. The Hall–Kier alpha value is -1.61. The minimum absolute atomic E-state index is 1.11. The van der Waals surface area contributed by atoms with Crippen LogP contribution in [0.5, 0.6) is 0 Å². The van der Waals surface area contributed by atoms with Gasteiger partial charge in [0.15, 0.2) is 0 Å². The lowest BCUT2D eigenvalue weighted by Crippen LogP contribution is -2.17. The zero-order valence-corrected chi connectivity index (χ0v) is 12.7. The quantitative estimate of drug-likeness (QED) is 0.686. The van der Waals surface area contributed by atoms with E-state index < -0.39 is 0 Å². The maximum Gasteiger partial charge on any atom is 0.0945 e. The Bertz CT molecular complexity index is 508. The summed E-state index contributed by atoms with van der Waals surface area (Å²) >= 11 is 0. The molecule has 1 aromatic heterocycles. The molecule has 3 heteroatoms. The van der Waals surface area contributed by atoms with Crippen LogP contribution in [0.3, 0.4) is 0 Å². The minimum Gasteiger partial charge on any atom is -0.337 e. The van der Waals surface area contributed by atoms with Crippen LogP contribution in [0.15, 0.2) is 43.0 Å². The number of rotatable bonds is 8. The highest BCUT2D eigenvalue weighted by molar-refractivity contribution is 5.30. The first-order valence-electron chi connectivity index (χ1n) is 8.17. The van der Waals surface area contributed by atoms with E-state index in [1.165, 1.54) is 49.8 Å². The van der Waals surface area contributed by atoms with Gasteiger partial charge in [0.25, 0.3) is 0 Å². The molecule has 2 heterocycles. The lowest BCUT2D eigenvalue weighted by molar-refractivity contribution is 0.276. The molecule has 21 heavy (non-hydrogen) atoms. The van der Waals surface area contributed by atoms with Gasteiger partial charge in [0.2, 0.25) is 0 Å². The van der Waals surface area contributed by atoms with E-state index in [1.807, 2.05) is 18.7 Å². The first-order valence-corrected chi connectivity index (χ1v) is 8.17. The summed E-state index contributed by atoms with van der Waals surface area (Å²) in [6.45, 7) is 4.66. The highest BCUT2D eigenvalue weighted by Crippen LogP contribution is 2.22. The van der Waals surface area contributed by atoms with Crippen LogP contribution >= 0.6 is 0 Å². The second kappa shape index (κ2) is 7.41. The van der Waals surface area contributed by atoms with Crippen molar-refractivity contribution in [3.8, 4) is 0 Å². The highest BCUT2D eigenvalue weighted by Gasteiger charge is 2.16. The Labute approximate surface area is 127 Å². The maximum absolute atomic E-state index is 4.07. The van der Waals surface area contributed by atoms with Gasteiger partial charge in [-0.3, -0.25) is 4.90 Å². The van der Waals surface area contributed by atoms with Crippen molar-refractivity contribution in [2.75, 3.05) is 6.54 Å². The van der Waals surface area contributed by atoms with E-state index >= 15 is 0 Å². The van der Waals surface area contributed by atoms with Crippen molar-refractivity contribution in [2.45, 2.75) is 51.7 Å². The summed E-state index contributed by atoms with van der Waals surface area (Å²) in [5.74, 6) is 0. The third kappa shape index (κ3) is 4.18. The summed E-state index contributed by atoms with van der Waals surface area (Å²) in [7, 11) is 0. The number of unbranched alkanes of at least 4 members (excludes halogenated alkanes) is 4. The van der Waals surface area contributed by atoms with Gasteiger partial charge in [-0.15, -0.1) is 0 Å². The van der Waals surface area contributed by atoms with Crippen LogP contribution in [0.25, 0.3) is 0 Å². The van der Waals surface area contributed by atoms with Crippen molar-refractivity contribution in [1.82, 2.24) is 14.5 Å². The Morgan fingerprint density at radius 1 is 0.857 bits per heavy atom. The van der Waals surface area contributed by atoms with Crippen molar-refractivity contribution in [3.05, 3.63) is 54.1 Å². The number of nitrogens with zero attached hydrogens (tertiary/aromatic N) is 3. The largest absolute Gasteiger partial charge is 0.337 e. The number of imidazole rings is 1. The third-order valence-electron chi connectivity index (χ3n) is 4.36. The van der Waals surface area contributed by atoms with Gasteiger partial charge >= 0.3 is 0 Å². The summed E-state index contributed by atoms with van der Waals surface area (Å²) in [5.41, 5.74) is 3.05. The molecule has 0 N–H and O–H groups in total. The molecule has 2 aromatic rings. The van der Waals surface area contributed by atoms with Gasteiger partial charge < -0.3 is 4.57 Å². The lowest BCUT2D eigenvalue weighted by atomic mass is 10.1. The lowest BCUT2D eigenvalue weighted by Gasteiger charge is -2.14. The van der Waals surface area contributed by atoms with E-state index in [9.17, 15) is 0 Å². The van der Waals surface area contributed by atoms with Gasteiger partial charge in [-0.1, -0.05) is 43.5 Å². The molecule has 0 unspecified atom stereocenters. The van der Waals surface area contributed by atoms with E-state index in [1.54, 1.807) is 0 Å². The fraction of sp³-hybridized carbons (Fsp3) is 0.500. The van der Waals surface area contributed by atoms with Crippen molar-refractivity contribution in [2.24, 2.45) is 0 Å². The molecule has 0 fully saturated rings. The number of hydrogen-bond donors (Lipinski definition) is 0. The molecule has 3 rings (SSSR count). The fourth-order valence-electron chi connectivity index (χ4n) is 3.14. The molecule has 0 bridgehead atoms. The first kappa shape index (κ1) is 14.3. The zero-order valence-electron chi connectivity index (χ0n) is 12.7. The summed E-state index contributed by atoms with van der Waals surface area (Å²) in [4.78, 5) is 6.65. The van der Waals surface area contributed by atoms with E-state index in [4.69, 9.17) is 0 Å². The van der Waals surface area contributed by atoms with Gasteiger partial charge in [0.05, 0.1) is 6.33 Å². The molecule has 112 valence electrons. The smallest absolute Gasteiger partial charge is 0.0945 e. The normalized spacial score (nSPS) is 14.5. The molecule has 1 aliphatic rings. The van der Waals surface area contributed by atoms with Crippen molar-refractivity contribution < 1.29 is 0 Å². The van der Waals surface area contributed by atoms with Crippen LogP contribution in [-0.2, 0) is 19.6 Å². The molecular weight excluding hydrogens is 258 g/mol. The van der Waals surface area contributed by atoms with Gasteiger partial charge in [0.1, 0.15) is 0 Å². The van der Waals surface area contributed by atoms with Crippen LogP contribution in [0.1, 0.15) is 43.2 Å². The molecule has 0 saturated heterocycles. The van der Waals surface area contributed by atoms with Crippen molar-refractivity contribution in [1.29, 1.82) is 0 Å².